The van der Waals surface area contributed by atoms with Crippen molar-refractivity contribution in [1.29, 1.82) is 0 Å². The van der Waals surface area contributed by atoms with Crippen LogP contribution in [0.5, 0.6) is 0 Å². The second-order valence-corrected chi connectivity index (χ2v) is 5.97. The minimum absolute atomic E-state index is 0.807. The van der Waals surface area contributed by atoms with Crippen LogP contribution in [0.4, 0.5) is 0 Å². The summed E-state index contributed by atoms with van der Waals surface area (Å²) >= 11 is 0. The molecule has 0 aromatic rings. The van der Waals surface area contributed by atoms with Crippen molar-refractivity contribution in [3.8, 4) is 0 Å². The summed E-state index contributed by atoms with van der Waals surface area (Å²) in [5.41, 5.74) is 0.807. The largest absolute Gasteiger partial charge is 0.0651 e. The second-order valence-electron chi connectivity index (χ2n) is 5.97. The van der Waals surface area contributed by atoms with Crippen LogP contribution in [0.2, 0.25) is 0 Å². The Balaban J connectivity index is 1.78. The van der Waals surface area contributed by atoms with Gasteiger partial charge in [-0.1, -0.05) is 19.8 Å². The maximum atomic E-state index is 2.56. The van der Waals surface area contributed by atoms with E-state index in [0.29, 0.717) is 0 Å². The number of unbranched alkanes of at least 4 members (excludes halogenated alkanes) is 1. The lowest BCUT2D eigenvalue weighted by atomic mass is 9.69. The summed E-state index contributed by atoms with van der Waals surface area (Å²) in [7, 11) is 0. The lowest BCUT2D eigenvalue weighted by molar-refractivity contribution is 0.150. The zero-order chi connectivity index (χ0) is 9.60. The molecule has 0 spiro atoms. The van der Waals surface area contributed by atoms with E-state index >= 15 is 0 Å². The lowest BCUT2D eigenvalue weighted by Crippen LogP contribution is -2.27. The molecule has 3 rings (SSSR count). The third kappa shape index (κ3) is 1.12. The predicted molar refractivity (Wildman–Crippen MR) is 59.8 cm³/mol. The van der Waals surface area contributed by atoms with Crippen LogP contribution in [0, 0.1) is 29.6 Å². The highest BCUT2D eigenvalue weighted by Gasteiger charge is 2.57. The van der Waals surface area contributed by atoms with Crippen molar-refractivity contribution in [2.24, 2.45) is 23.2 Å². The molecule has 0 saturated heterocycles. The van der Waals surface area contributed by atoms with Gasteiger partial charge in [0.1, 0.15) is 0 Å². The zero-order valence-electron chi connectivity index (χ0n) is 9.47. The highest BCUT2D eigenvalue weighted by atomic mass is 14.6. The molecule has 3 aliphatic rings. The zero-order valence-corrected chi connectivity index (χ0v) is 9.47. The number of rotatable bonds is 3. The fourth-order valence-corrected chi connectivity index (χ4v) is 4.98. The minimum atomic E-state index is 0.807. The van der Waals surface area contributed by atoms with E-state index < -0.39 is 0 Å². The molecule has 4 unspecified atom stereocenters. The van der Waals surface area contributed by atoms with Gasteiger partial charge in [0.2, 0.25) is 0 Å². The smallest absolute Gasteiger partial charge is 0.0261 e. The summed E-state index contributed by atoms with van der Waals surface area (Å²) in [6, 6.07) is 0. The Kier molecular flexibility index (Phi) is 2.15. The standard InChI is InChI=1S/C14H23/c1-2-3-8-14-9-7-11(10-14)12-5-4-6-13(12)14/h3,11-13H,2,4-10H2,1H3. The fraction of sp³-hybridized carbons (Fsp3) is 0.929. The Labute approximate surface area is 88.5 Å². The Bertz CT molecular complexity index is 220. The maximum Gasteiger partial charge on any atom is -0.0261 e. The molecule has 4 atom stereocenters. The summed E-state index contributed by atoms with van der Waals surface area (Å²) < 4.78 is 0. The SMILES string of the molecule is CC[CH]CC12CCC(C1)C1CCCC12. The topological polar surface area (TPSA) is 0 Å². The van der Waals surface area contributed by atoms with Crippen LogP contribution in [0.15, 0.2) is 0 Å². The molecule has 14 heavy (non-hydrogen) atoms. The molecule has 0 aromatic carbocycles. The summed E-state index contributed by atoms with van der Waals surface area (Å²) in [6.07, 6.45) is 14.7. The van der Waals surface area contributed by atoms with Crippen molar-refractivity contribution in [1.82, 2.24) is 0 Å². The molecule has 0 N–H and O–H groups in total. The van der Waals surface area contributed by atoms with E-state index in [2.05, 4.69) is 13.3 Å². The van der Waals surface area contributed by atoms with E-state index in [9.17, 15) is 0 Å². The summed E-state index contributed by atoms with van der Waals surface area (Å²) in [6.45, 7) is 2.30. The van der Waals surface area contributed by atoms with Gasteiger partial charge in [-0.25, -0.2) is 0 Å². The Morgan fingerprint density at radius 2 is 2.21 bits per heavy atom. The average molecular weight is 191 g/mol. The maximum absolute atomic E-state index is 2.56. The minimum Gasteiger partial charge on any atom is -0.0651 e. The first-order valence-corrected chi connectivity index (χ1v) is 6.67. The van der Waals surface area contributed by atoms with E-state index in [1.807, 2.05) is 0 Å². The van der Waals surface area contributed by atoms with E-state index in [4.69, 9.17) is 0 Å². The Morgan fingerprint density at radius 3 is 3.07 bits per heavy atom. The van der Waals surface area contributed by atoms with Gasteiger partial charge < -0.3 is 0 Å². The summed E-state index contributed by atoms with van der Waals surface area (Å²) in [5, 5.41) is 0. The number of fused-ring (bicyclic) bond motifs is 5. The molecule has 0 amide bonds. The molecular weight excluding hydrogens is 168 g/mol. The van der Waals surface area contributed by atoms with E-state index in [1.165, 1.54) is 12.8 Å². The molecule has 1 radical (unpaired) electrons. The van der Waals surface area contributed by atoms with Crippen molar-refractivity contribution in [2.45, 2.75) is 58.3 Å². The van der Waals surface area contributed by atoms with Crippen molar-refractivity contribution in [3.05, 3.63) is 6.42 Å². The number of hydrogen-bond acceptors (Lipinski definition) is 0. The lowest BCUT2D eigenvalue weighted by Gasteiger charge is -2.36. The first-order valence-electron chi connectivity index (χ1n) is 6.67. The first kappa shape index (κ1) is 9.24. The monoisotopic (exact) mass is 191 g/mol. The Hall–Kier alpha value is 0. The van der Waals surface area contributed by atoms with Gasteiger partial charge in [0.15, 0.2) is 0 Å². The molecule has 3 fully saturated rings. The summed E-state index contributed by atoms with van der Waals surface area (Å²) in [4.78, 5) is 0. The third-order valence-corrected chi connectivity index (χ3v) is 5.48. The average Bonchev–Trinajstić information content (AvgIpc) is 2.86. The van der Waals surface area contributed by atoms with Crippen molar-refractivity contribution < 1.29 is 0 Å². The quantitative estimate of drug-likeness (QED) is 0.627. The molecule has 0 nitrogen and oxygen atoms in total. The van der Waals surface area contributed by atoms with Crippen molar-refractivity contribution in [3.63, 3.8) is 0 Å². The normalized spacial score (nSPS) is 49.9. The van der Waals surface area contributed by atoms with Gasteiger partial charge in [-0.3, -0.25) is 0 Å². The predicted octanol–water partition coefficient (Wildman–Crippen LogP) is 4.21. The molecule has 79 valence electrons. The molecule has 3 saturated carbocycles. The molecule has 2 bridgehead atoms. The molecule has 3 aliphatic carbocycles. The van der Waals surface area contributed by atoms with Crippen molar-refractivity contribution >= 4 is 0 Å². The van der Waals surface area contributed by atoms with Gasteiger partial charge in [-0.05, 0) is 68.1 Å². The number of hydrogen-bond donors (Lipinski definition) is 0. The van der Waals surface area contributed by atoms with Crippen LogP contribution in [-0.4, -0.2) is 0 Å². The van der Waals surface area contributed by atoms with Gasteiger partial charge in [0.25, 0.3) is 0 Å². The summed E-state index contributed by atoms with van der Waals surface area (Å²) in [5.74, 6) is 3.45. The van der Waals surface area contributed by atoms with Crippen LogP contribution in [0.1, 0.15) is 58.3 Å². The van der Waals surface area contributed by atoms with Crippen LogP contribution >= 0.6 is 0 Å². The molecule has 0 aliphatic heterocycles. The fourth-order valence-electron chi connectivity index (χ4n) is 4.98. The van der Waals surface area contributed by atoms with Gasteiger partial charge in [-0.15, -0.1) is 0 Å². The van der Waals surface area contributed by atoms with Crippen LogP contribution in [0.25, 0.3) is 0 Å². The van der Waals surface area contributed by atoms with Gasteiger partial charge in [0.05, 0.1) is 0 Å². The van der Waals surface area contributed by atoms with E-state index in [-0.39, 0.29) is 0 Å². The highest BCUT2D eigenvalue weighted by molar-refractivity contribution is 5.08. The van der Waals surface area contributed by atoms with Gasteiger partial charge in [-0.2, -0.15) is 0 Å². The van der Waals surface area contributed by atoms with Gasteiger partial charge >= 0.3 is 0 Å². The Morgan fingerprint density at radius 1 is 1.29 bits per heavy atom. The van der Waals surface area contributed by atoms with Crippen LogP contribution < -0.4 is 0 Å². The molecule has 0 heteroatoms. The highest BCUT2D eigenvalue weighted by Crippen LogP contribution is 2.67. The first-order chi connectivity index (χ1) is 6.86. The second kappa shape index (κ2) is 3.25. The van der Waals surface area contributed by atoms with Crippen LogP contribution in [-0.2, 0) is 0 Å². The van der Waals surface area contributed by atoms with Crippen molar-refractivity contribution in [2.75, 3.05) is 0 Å². The molecule has 0 heterocycles. The van der Waals surface area contributed by atoms with Crippen LogP contribution in [0.3, 0.4) is 0 Å². The van der Waals surface area contributed by atoms with E-state index in [0.717, 1.165) is 23.2 Å². The van der Waals surface area contributed by atoms with E-state index in [1.54, 1.807) is 38.5 Å². The molecule has 0 aromatic heterocycles. The van der Waals surface area contributed by atoms with Gasteiger partial charge in [0, 0.05) is 0 Å². The molecular formula is C14H23. The third-order valence-electron chi connectivity index (χ3n) is 5.48.